The largest absolute Gasteiger partial charge is 0.273 e. The Hall–Kier alpha value is 0.740. The average Bonchev–Trinajstić information content (AvgIpc) is 2.86. The van der Waals surface area contributed by atoms with Crippen molar-refractivity contribution < 1.29 is 25.8 Å². The van der Waals surface area contributed by atoms with Crippen molar-refractivity contribution in [3.8, 4) is 0 Å². The molecule has 1 aromatic rings. The van der Waals surface area contributed by atoms with E-state index in [2.05, 4.69) is 62.2 Å². The number of rotatable bonds is 3. The van der Waals surface area contributed by atoms with Crippen LogP contribution < -0.4 is 0 Å². The van der Waals surface area contributed by atoms with Crippen LogP contribution in [0.1, 0.15) is 12.0 Å². The monoisotopic (exact) mass is 518 g/mol. The molecule has 0 spiro atoms. The van der Waals surface area contributed by atoms with Crippen molar-refractivity contribution >= 4 is 45.1 Å². The van der Waals surface area contributed by atoms with Gasteiger partial charge in [-0.05, 0) is 13.3 Å². The van der Waals surface area contributed by atoms with Crippen LogP contribution in [-0.4, -0.2) is 19.5 Å². The van der Waals surface area contributed by atoms with E-state index in [4.69, 9.17) is 0 Å². The third-order valence-corrected chi connectivity index (χ3v) is 2.99. The topological polar surface area (TPSA) is 0 Å². The van der Waals surface area contributed by atoms with Gasteiger partial charge in [-0.1, -0.05) is 12.2 Å². The number of allylic oxidation sites excluding steroid dienone is 4. The Bertz CT molecular complexity index is 330. The van der Waals surface area contributed by atoms with Gasteiger partial charge in [-0.15, -0.1) is 63.7 Å². The standard InChI is InChI=1S/C10H14P.C5H5.3ClH.Hf/c1-11(2)9-8-10-6-4-3-5-7-10;1-2-4-5-3-1;;;;/h3-8H,9H2,1-2H3;1-3H,4H2;3*1H;/q2*-1;;;;. The van der Waals surface area contributed by atoms with Crippen LogP contribution in [0.2, 0.25) is 0 Å². The van der Waals surface area contributed by atoms with Crippen LogP contribution in [0.15, 0.2) is 48.6 Å². The first kappa shape index (κ1) is 28.8. The van der Waals surface area contributed by atoms with Crippen molar-refractivity contribution in [3.05, 3.63) is 66.6 Å². The van der Waals surface area contributed by atoms with Crippen LogP contribution >= 0.6 is 45.1 Å². The molecular formula is C15H22Cl3HfP-2. The second kappa shape index (κ2) is 19.7. The average molecular weight is 518 g/mol. The number of hydrogen-bond acceptors (Lipinski definition) is 0. The molecule has 0 heterocycles. The molecule has 1 aliphatic carbocycles. The summed E-state index contributed by atoms with van der Waals surface area (Å²) in [5.74, 6) is 0. The Morgan fingerprint density at radius 2 is 1.70 bits per heavy atom. The van der Waals surface area contributed by atoms with E-state index >= 15 is 0 Å². The van der Waals surface area contributed by atoms with Crippen molar-refractivity contribution in [1.82, 2.24) is 0 Å². The van der Waals surface area contributed by atoms with Crippen molar-refractivity contribution in [2.45, 2.75) is 6.42 Å². The van der Waals surface area contributed by atoms with Crippen LogP contribution in [-0.2, 0) is 25.8 Å². The van der Waals surface area contributed by atoms with E-state index < -0.39 is 0 Å². The maximum atomic E-state index is 2.99. The Balaban J connectivity index is -0.000000124. The third kappa shape index (κ3) is 16.8. The molecule has 1 aliphatic rings. The maximum Gasteiger partial charge on any atom is 0 e. The van der Waals surface area contributed by atoms with Crippen molar-refractivity contribution in [2.24, 2.45) is 0 Å². The van der Waals surface area contributed by atoms with Gasteiger partial charge in [0.05, 0.1) is 0 Å². The van der Waals surface area contributed by atoms with Gasteiger partial charge in [-0.2, -0.15) is 30.2 Å². The molecule has 2 rings (SSSR count). The van der Waals surface area contributed by atoms with E-state index in [9.17, 15) is 0 Å². The zero-order chi connectivity index (χ0) is 11.6. The van der Waals surface area contributed by atoms with E-state index in [0.717, 1.165) is 6.42 Å². The Morgan fingerprint density at radius 1 is 1.10 bits per heavy atom. The van der Waals surface area contributed by atoms with E-state index in [0.29, 0.717) is 0 Å². The van der Waals surface area contributed by atoms with Crippen molar-refractivity contribution in [3.63, 3.8) is 0 Å². The molecule has 0 N–H and O–H groups in total. The molecule has 114 valence electrons. The summed E-state index contributed by atoms with van der Waals surface area (Å²) < 4.78 is 0. The predicted molar refractivity (Wildman–Crippen MR) is 96.8 cm³/mol. The molecule has 0 saturated carbocycles. The van der Waals surface area contributed by atoms with Gasteiger partial charge in [-0.3, -0.25) is 6.08 Å². The van der Waals surface area contributed by atoms with Crippen molar-refractivity contribution in [1.29, 1.82) is 0 Å². The summed E-state index contributed by atoms with van der Waals surface area (Å²) in [7, 11) is 0.220. The van der Waals surface area contributed by atoms with Crippen molar-refractivity contribution in [2.75, 3.05) is 19.5 Å². The van der Waals surface area contributed by atoms with Crippen LogP contribution in [0.4, 0.5) is 0 Å². The fourth-order valence-corrected chi connectivity index (χ4v) is 1.79. The molecule has 20 heavy (non-hydrogen) atoms. The smallest absolute Gasteiger partial charge is 0 e. The van der Waals surface area contributed by atoms with Gasteiger partial charge < -0.3 is 0 Å². The molecule has 0 saturated heterocycles. The summed E-state index contributed by atoms with van der Waals surface area (Å²) in [6.45, 7) is 4.60. The van der Waals surface area contributed by atoms with Gasteiger partial charge in [0.15, 0.2) is 0 Å². The molecule has 1 aromatic carbocycles. The second-order valence-electron chi connectivity index (χ2n) is 3.88. The molecule has 0 amide bonds. The summed E-state index contributed by atoms with van der Waals surface area (Å²) in [6.07, 6.45) is 13.5. The molecule has 0 radical (unpaired) electrons. The first-order valence-corrected chi connectivity index (χ1v) is 7.96. The Morgan fingerprint density at radius 3 is 2.05 bits per heavy atom. The summed E-state index contributed by atoms with van der Waals surface area (Å²) in [5, 5.41) is 0. The molecule has 0 nitrogen and oxygen atoms in total. The van der Waals surface area contributed by atoms with Gasteiger partial charge in [0.2, 0.25) is 0 Å². The summed E-state index contributed by atoms with van der Waals surface area (Å²) in [5.41, 5.74) is 1.35. The van der Waals surface area contributed by atoms with Crippen LogP contribution in [0.25, 0.3) is 0 Å². The molecular weight excluding hydrogens is 496 g/mol. The molecule has 0 bridgehead atoms. The maximum absolute atomic E-state index is 2.99. The summed E-state index contributed by atoms with van der Waals surface area (Å²) in [6, 6.07) is 10.5. The fourth-order valence-electron chi connectivity index (χ4n) is 1.22. The van der Waals surface area contributed by atoms with Gasteiger partial charge >= 0.3 is 0 Å². The SMILES string of the molecule is CP(C)C[CH-]c1ccccc1.Cl.Cl.Cl.[C-]1=CC=CC1.[Hf]. The van der Waals surface area contributed by atoms with E-state index in [-0.39, 0.29) is 71.0 Å². The van der Waals surface area contributed by atoms with Crippen LogP contribution in [0.3, 0.4) is 0 Å². The molecule has 0 fully saturated rings. The fraction of sp³-hybridized carbons (Fsp3) is 0.267. The summed E-state index contributed by atoms with van der Waals surface area (Å²) in [4.78, 5) is 0. The quantitative estimate of drug-likeness (QED) is 0.280. The predicted octanol–water partition coefficient (Wildman–Crippen LogP) is 5.55. The molecule has 5 heteroatoms. The minimum absolute atomic E-state index is 0. The first-order valence-electron chi connectivity index (χ1n) is 5.54. The van der Waals surface area contributed by atoms with Crippen LogP contribution in [0.5, 0.6) is 0 Å². The summed E-state index contributed by atoms with van der Waals surface area (Å²) >= 11 is 0. The third-order valence-electron chi connectivity index (χ3n) is 2.08. The van der Waals surface area contributed by atoms with Crippen LogP contribution in [0, 0.1) is 12.5 Å². The zero-order valence-corrected chi connectivity index (χ0v) is 18.7. The first-order chi connectivity index (χ1) is 7.79. The van der Waals surface area contributed by atoms with Gasteiger partial charge in [0.1, 0.15) is 0 Å². The minimum atomic E-state index is 0. The van der Waals surface area contributed by atoms with E-state index in [1.54, 1.807) is 0 Å². The number of halogens is 3. The minimum Gasteiger partial charge on any atom is -0.273 e. The van der Waals surface area contributed by atoms with E-state index in [1.807, 2.05) is 12.2 Å². The Kier molecular flexibility index (Phi) is 28.5. The molecule has 0 aliphatic heterocycles. The van der Waals surface area contributed by atoms with Gasteiger partial charge in [-0.25, -0.2) is 12.2 Å². The second-order valence-corrected chi connectivity index (χ2v) is 6.40. The van der Waals surface area contributed by atoms with Gasteiger partial charge in [0.25, 0.3) is 0 Å². The normalized spacial score (nSPS) is 9.95. The Labute approximate surface area is 162 Å². The zero-order valence-electron chi connectivity index (χ0n) is 11.8. The van der Waals surface area contributed by atoms with Gasteiger partial charge in [0, 0.05) is 25.8 Å². The number of hydrogen-bond donors (Lipinski definition) is 0. The number of benzene rings is 1. The molecule has 0 aromatic heterocycles. The van der Waals surface area contributed by atoms with E-state index in [1.165, 1.54) is 11.7 Å². The molecule has 0 unspecified atom stereocenters. The molecule has 0 atom stereocenters.